The molecule has 33 heavy (non-hydrogen) atoms. The molecular formula is C21H21F3N4O4S. The van der Waals surface area contributed by atoms with E-state index in [1.165, 1.54) is 22.3 Å². The van der Waals surface area contributed by atoms with E-state index in [4.69, 9.17) is 9.47 Å². The van der Waals surface area contributed by atoms with Gasteiger partial charge >= 0.3 is 12.2 Å². The van der Waals surface area contributed by atoms with Crippen molar-refractivity contribution in [2.24, 2.45) is 0 Å². The molecule has 0 amide bonds. The molecule has 8 nitrogen and oxygen atoms in total. The number of halogens is 3. The third-order valence-corrected chi connectivity index (χ3v) is 6.77. The summed E-state index contributed by atoms with van der Waals surface area (Å²) in [5.74, 6) is 0. The van der Waals surface area contributed by atoms with Crippen LogP contribution in [0.15, 0.2) is 65.8 Å². The van der Waals surface area contributed by atoms with Gasteiger partial charge in [-0.2, -0.15) is 18.2 Å². The van der Waals surface area contributed by atoms with Crippen molar-refractivity contribution in [3.8, 4) is 6.01 Å². The van der Waals surface area contributed by atoms with E-state index in [9.17, 15) is 21.6 Å². The number of morpholine rings is 1. The van der Waals surface area contributed by atoms with Crippen LogP contribution in [-0.4, -0.2) is 59.7 Å². The Kier molecular flexibility index (Phi) is 6.68. The molecule has 0 aliphatic carbocycles. The summed E-state index contributed by atoms with van der Waals surface area (Å²) in [6, 6.07) is 11.9. The molecule has 176 valence electrons. The first-order chi connectivity index (χ1) is 15.7. The van der Waals surface area contributed by atoms with Crippen LogP contribution in [0.3, 0.4) is 0 Å². The molecule has 3 aromatic rings. The molecule has 3 heterocycles. The van der Waals surface area contributed by atoms with Crippen LogP contribution in [0.25, 0.3) is 0 Å². The first kappa shape index (κ1) is 23.2. The molecule has 1 saturated heterocycles. The summed E-state index contributed by atoms with van der Waals surface area (Å²) in [5, 5.41) is 0. The Morgan fingerprint density at radius 2 is 1.91 bits per heavy atom. The van der Waals surface area contributed by atoms with Crippen LogP contribution in [0.4, 0.5) is 13.2 Å². The SMILES string of the molecule is O=S(=O)(c1ccccc1)n1cccc1CN1CCOC(COc2nccc(C(F)(F)F)n2)C1. The number of alkyl halides is 3. The van der Waals surface area contributed by atoms with Gasteiger partial charge in [-0.15, -0.1) is 0 Å². The fraction of sp³-hybridized carbons (Fsp3) is 0.333. The molecule has 0 N–H and O–H groups in total. The summed E-state index contributed by atoms with van der Waals surface area (Å²) < 4.78 is 76.6. The normalized spacial score (nSPS) is 17.7. The predicted octanol–water partition coefficient (Wildman–Crippen LogP) is 2.81. The number of hydrogen-bond donors (Lipinski definition) is 0. The molecule has 12 heteroatoms. The van der Waals surface area contributed by atoms with E-state index in [0.29, 0.717) is 31.9 Å². The van der Waals surface area contributed by atoms with Crippen LogP contribution < -0.4 is 4.74 Å². The fourth-order valence-electron chi connectivity index (χ4n) is 3.45. The van der Waals surface area contributed by atoms with Crippen molar-refractivity contribution in [3.63, 3.8) is 0 Å². The van der Waals surface area contributed by atoms with Gasteiger partial charge in [0, 0.05) is 37.7 Å². The molecule has 0 radical (unpaired) electrons. The number of rotatable bonds is 7. The molecule has 0 bridgehead atoms. The van der Waals surface area contributed by atoms with Crippen LogP contribution in [0.5, 0.6) is 6.01 Å². The topological polar surface area (TPSA) is 86.6 Å². The Bertz CT molecular complexity index is 1190. The van der Waals surface area contributed by atoms with E-state index in [0.717, 1.165) is 12.3 Å². The Morgan fingerprint density at radius 3 is 2.67 bits per heavy atom. The average Bonchev–Trinajstić information content (AvgIpc) is 3.27. The smallest absolute Gasteiger partial charge is 0.433 e. The minimum atomic E-state index is -4.59. The van der Waals surface area contributed by atoms with E-state index in [2.05, 4.69) is 9.97 Å². The zero-order valence-corrected chi connectivity index (χ0v) is 18.2. The highest BCUT2D eigenvalue weighted by molar-refractivity contribution is 7.90. The highest BCUT2D eigenvalue weighted by atomic mass is 32.2. The molecule has 1 aliphatic rings. The lowest BCUT2D eigenvalue weighted by atomic mass is 10.2. The summed E-state index contributed by atoms with van der Waals surface area (Å²) in [4.78, 5) is 9.28. The van der Waals surface area contributed by atoms with E-state index in [-0.39, 0.29) is 17.5 Å². The Labute approximate surface area is 188 Å². The average molecular weight is 482 g/mol. The third kappa shape index (κ3) is 5.52. The fourth-order valence-corrected chi connectivity index (χ4v) is 4.84. The van der Waals surface area contributed by atoms with Crippen LogP contribution in [0.1, 0.15) is 11.4 Å². The van der Waals surface area contributed by atoms with Crippen molar-refractivity contribution >= 4 is 10.0 Å². The molecule has 1 atom stereocenters. The van der Waals surface area contributed by atoms with Gasteiger partial charge in [0.2, 0.25) is 0 Å². The van der Waals surface area contributed by atoms with E-state index in [1.54, 1.807) is 30.3 Å². The van der Waals surface area contributed by atoms with Gasteiger partial charge in [0.15, 0.2) is 5.69 Å². The monoisotopic (exact) mass is 482 g/mol. The Hall–Kier alpha value is -2.96. The predicted molar refractivity (Wildman–Crippen MR) is 111 cm³/mol. The Balaban J connectivity index is 1.39. The number of hydrogen-bond acceptors (Lipinski definition) is 7. The largest absolute Gasteiger partial charge is 0.461 e. The number of benzene rings is 1. The lowest BCUT2D eigenvalue weighted by Crippen LogP contribution is -2.44. The zero-order chi connectivity index (χ0) is 23.5. The lowest BCUT2D eigenvalue weighted by Gasteiger charge is -2.32. The van der Waals surface area contributed by atoms with Gasteiger partial charge < -0.3 is 9.47 Å². The van der Waals surface area contributed by atoms with Gasteiger partial charge in [-0.1, -0.05) is 18.2 Å². The second-order valence-electron chi connectivity index (χ2n) is 7.37. The van der Waals surface area contributed by atoms with Gasteiger partial charge in [-0.3, -0.25) is 4.90 Å². The molecule has 2 aromatic heterocycles. The van der Waals surface area contributed by atoms with E-state index in [1.807, 2.05) is 4.90 Å². The minimum absolute atomic E-state index is 0.0405. The van der Waals surface area contributed by atoms with Crippen LogP contribution in [-0.2, 0) is 27.5 Å². The van der Waals surface area contributed by atoms with Crippen molar-refractivity contribution in [1.29, 1.82) is 0 Å². The summed E-state index contributed by atoms with van der Waals surface area (Å²) in [7, 11) is -3.73. The molecule has 0 saturated carbocycles. The first-order valence-corrected chi connectivity index (χ1v) is 11.5. The van der Waals surface area contributed by atoms with Crippen molar-refractivity contribution in [2.75, 3.05) is 26.3 Å². The number of ether oxygens (including phenoxy) is 2. The van der Waals surface area contributed by atoms with Crippen LogP contribution in [0, 0.1) is 0 Å². The molecule has 1 fully saturated rings. The highest BCUT2D eigenvalue weighted by Gasteiger charge is 2.33. The van der Waals surface area contributed by atoms with Gasteiger partial charge in [-0.25, -0.2) is 17.4 Å². The maximum absolute atomic E-state index is 13.0. The zero-order valence-electron chi connectivity index (χ0n) is 17.4. The second-order valence-corrected chi connectivity index (χ2v) is 9.19. The quantitative estimate of drug-likeness (QED) is 0.512. The maximum atomic E-state index is 13.0. The lowest BCUT2D eigenvalue weighted by molar-refractivity contribution is -0.141. The second kappa shape index (κ2) is 9.49. The molecule has 1 aromatic carbocycles. The molecular weight excluding hydrogens is 461 g/mol. The van der Waals surface area contributed by atoms with Crippen molar-refractivity contribution in [2.45, 2.75) is 23.7 Å². The number of aromatic nitrogens is 3. The van der Waals surface area contributed by atoms with Gasteiger partial charge in [0.1, 0.15) is 12.7 Å². The minimum Gasteiger partial charge on any atom is -0.461 e. The summed E-state index contributed by atoms with van der Waals surface area (Å²) >= 11 is 0. The van der Waals surface area contributed by atoms with Crippen molar-refractivity contribution < 1.29 is 31.1 Å². The van der Waals surface area contributed by atoms with E-state index < -0.39 is 28.0 Å². The summed E-state index contributed by atoms with van der Waals surface area (Å²) in [5.41, 5.74) is -0.499. The first-order valence-electron chi connectivity index (χ1n) is 10.1. The maximum Gasteiger partial charge on any atom is 0.433 e. The van der Waals surface area contributed by atoms with E-state index >= 15 is 0 Å². The van der Waals surface area contributed by atoms with Crippen LogP contribution in [0.2, 0.25) is 0 Å². The number of nitrogens with zero attached hydrogens (tertiary/aromatic N) is 4. The van der Waals surface area contributed by atoms with Gasteiger partial charge in [-0.05, 0) is 30.3 Å². The third-order valence-electron chi connectivity index (χ3n) is 5.02. The highest BCUT2D eigenvalue weighted by Crippen LogP contribution is 2.28. The summed E-state index contributed by atoms with van der Waals surface area (Å²) in [6.07, 6.45) is -2.54. The van der Waals surface area contributed by atoms with Crippen LogP contribution >= 0.6 is 0 Å². The molecule has 1 aliphatic heterocycles. The van der Waals surface area contributed by atoms with Crippen molar-refractivity contribution in [3.05, 3.63) is 72.3 Å². The van der Waals surface area contributed by atoms with Gasteiger partial charge in [0.05, 0.1) is 11.5 Å². The molecule has 1 unspecified atom stereocenters. The Morgan fingerprint density at radius 1 is 1.12 bits per heavy atom. The standard InChI is InChI=1S/C21H21F3N4O4S/c22-21(23,24)19-8-9-25-20(26-19)32-15-17-14-27(11-12-31-17)13-16-5-4-10-28(16)33(29,30)18-6-2-1-3-7-18/h1-10,17H,11-15H2. The van der Waals surface area contributed by atoms with Gasteiger partial charge in [0.25, 0.3) is 10.0 Å². The molecule has 0 spiro atoms. The van der Waals surface area contributed by atoms with Crippen molar-refractivity contribution in [1.82, 2.24) is 18.8 Å². The molecule has 4 rings (SSSR count). The summed E-state index contributed by atoms with van der Waals surface area (Å²) in [6.45, 7) is 1.63.